The van der Waals surface area contributed by atoms with Crippen molar-refractivity contribution >= 4 is 35.1 Å². The van der Waals surface area contributed by atoms with Crippen LogP contribution in [0.2, 0.25) is 13.1 Å². The topological polar surface area (TPSA) is 0 Å². The van der Waals surface area contributed by atoms with Crippen LogP contribution < -0.4 is 0 Å². The molecule has 2 atom stereocenters. The zero-order valence-corrected chi connectivity index (χ0v) is 42.2. The summed E-state index contributed by atoms with van der Waals surface area (Å²) in [5.41, 5.74) is 19.4. The van der Waals surface area contributed by atoms with E-state index in [-0.39, 0.29) is 18.1 Å². The van der Waals surface area contributed by atoms with Crippen LogP contribution in [0.15, 0.2) is 83.9 Å². The molecule has 6 rings (SSSR count). The van der Waals surface area contributed by atoms with Crippen LogP contribution in [0.3, 0.4) is 0 Å². The summed E-state index contributed by atoms with van der Waals surface area (Å²) in [4.78, 5) is 0. The molecule has 0 N–H and O–H groups in total. The van der Waals surface area contributed by atoms with Crippen molar-refractivity contribution in [3.05, 3.63) is 128 Å². The van der Waals surface area contributed by atoms with Gasteiger partial charge in [-0.15, -0.1) is 0 Å². The summed E-state index contributed by atoms with van der Waals surface area (Å²) in [5.74, 6) is -0.958. The number of rotatable bonds is 11. The maximum absolute atomic E-state index is 9.12. The molecule has 0 aliphatic heterocycles. The van der Waals surface area contributed by atoms with E-state index in [4.69, 9.17) is 17.0 Å². The van der Waals surface area contributed by atoms with Crippen LogP contribution in [-0.4, -0.2) is 5.92 Å². The van der Waals surface area contributed by atoms with Gasteiger partial charge in [0.05, 0.1) is 0 Å². The summed E-state index contributed by atoms with van der Waals surface area (Å²) in [5, 5.41) is 0. The maximum atomic E-state index is 9.12. The normalized spacial score (nSPS) is 17.9. The summed E-state index contributed by atoms with van der Waals surface area (Å²) >= 11 is -5.15. The van der Waals surface area contributed by atoms with Crippen molar-refractivity contribution in [2.24, 2.45) is 10.8 Å². The van der Waals surface area contributed by atoms with Crippen molar-refractivity contribution in [2.75, 3.05) is 0 Å². The average Bonchev–Trinajstić information content (AvgIpc) is 3.73. The first-order valence-corrected chi connectivity index (χ1v) is 38.0. The number of fused-ring (bicyclic) bond motifs is 2. The molecule has 4 heteroatoms. The van der Waals surface area contributed by atoms with Gasteiger partial charge in [0.1, 0.15) is 0 Å². The Balaban J connectivity index is 1.73. The molecule has 56 heavy (non-hydrogen) atoms. The van der Waals surface area contributed by atoms with Gasteiger partial charge in [0, 0.05) is 0 Å². The SMILES string of the molecule is CCCc1ccc2c(c1-c1ccccc1C(C)C)C=C(C(C)(C)C)[CH]2[Zr]([Cl])([Cl])([CH]1C(C(C)(C)C)=Cc2c1ccc(CCC)c2-c1ccccc1C(C)C)[SiH](C)C. The first kappa shape index (κ1) is 43.6. The molecule has 0 heterocycles. The van der Waals surface area contributed by atoms with E-state index in [1.165, 1.54) is 77.9 Å². The average molecular weight is 884 g/mol. The van der Waals surface area contributed by atoms with Crippen molar-refractivity contribution in [3.8, 4) is 22.3 Å². The molecule has 0 saturated heterocycles. The van der Waals surface area contributed by atoms with E-state index >= 15 is 0 Å². The Bertz CT molecular complexity index is 2040. The van der Waals surface area contributed by atoms with Gasteiger partial charge in [-0.05, 0) is 0 Å². The molecule has 0 nitrogen and oxygen atoms in total. The van der Waals surface area contributed by atoms with Gasteiger partial charge in [-0.3, -0.25) is 0 Å². The Hall–Kier alpha value is -1.96. The number of hydrogen-bond donors (Lipinski definition) is 0. The van der Waals surface area contributed by atoms with Gasteiger partial charge >= 0.3 is 353 Å². The molecule has 299 valence electrons. The summed E-state index contributed by atoms with van der Waals surface area (Å²) in [6.07, 6.45) is 9.47. The second-order valence-corrected chi connectivity index (χ2v) is 62.6. The Labute approximate surface area is 350 Å². The van der Waals surface area contributed by atoms with Crippen LogP contribution >= 0.6 is 17.0 Å². The van der Waals surface area contributed by atoms with Crippen LogP contribution in [0.1, 0.15) is 160 Å². The van der Waals surface area contributed by atoms with E-state index in [9.17, 15) is 0 Å². The molecule has 0 amide bonds. The Morgan fingerprint density at radius 1 is 0.571 bits per heavy atom. The molecule has 0 aromatic heterocycles. The first-order chi connectivity index (χ1) is 26.2. The molecule has 2 aliphatic rings. The molecule has 2 unspecified atom stereocenters. The predicted molar refractivity (Wildman–Crippen MR) is 251 cm³/mol. The Kier molecular flexibility index (Phi) is 12.4. The molecular formula is C52H69Cl2SiZr. The molecular weight excluding hydrogens is 815 g/mol. The molecule has 0 fully saturated rings. The van der Waals surface area contributed by atoms with Gasteiger partial charge in [-0.1, -0.05) is 0 Å². The summed E-state index contributed by atoms with van der Waals surface area (Å²) in [6, 6.07) is 28.1. The van der Waals surface area contributed by atoms with Crippen molar-refractivity contribution in [1.82, 2.24) is 0 Å². The third-order valence-electron chi connectivity index (χ3n) is 13.3. The quantitative estimate of drug-likeness (QED) is 0.132. The van der Waals surface area contributed by atoms with Crippen LogP contribution in [0.25, 0.3) is 34.4 Å². The van der Waals surface area contributed by atoms with E-state index in [1.54, 1.807) is 0 Å². The van der Waals surface area contributed by atoms with Gasteiger partial charge in [-0.25, -0.2) is 0 Å². The Morgan fingerprint density at radius 3 is 1.23 bits per heavy atom. The fourth-order valence-electron chi connectivity index (χ4n) is 10.4. The summed E-state index contributed by atoms with van der Waals surface area (Å²) in [6.45, 7) is 33.3. The van der Waals surface area contributed by atoms with Crippen molar-refractivity contribution < 1.29 is 15.6 Å². The van der Waals surface area contributed by atoms with E-state index in [0.717, 1.165) is 25.7 Å². The monoisotopic (exact) mass is 881 g/mol. The molecule has 4 aromatic carbocycles. The van der Waals surface area contributed by atoms with Gasteiger partial charge in [0.15, 0.2) is 0 Å². The number of halogens is 2. The van der Waals surface area contributed by atoms with E-state index < -0.39 is 21.5 Å². The standard InChI is InChI=1S/2C25H31.C2H7Si.2ClH.Zr/c2*1-7-10-18-13-14-19-15-20(25(4,5)6)16-23(19)24(18)22-12-9-8-11-21(22)17(2)3;1-3-2;;;/h2*8-9,11-17H,7,10H2,1-6H3;3H,1-2H3;2*1H;/q;;;;;+2/p-2. The second-order valence-electron chi connectivity index (χ2n) is 20.1. The molecule has 0 bridgehead atoms. The first-order valence-electron chi connectivity index (χ1n) is 21.7. The van der Waals surface area contributed by atoms with Crippen LogP contribution in [0, 0.1) is 10.8 Å². The fraction of sp³-hybridized carbons (Fsp3) is 0.462. The van der Waals surface area contributed by atoms with Crippen LogP contribution in [0.4, 0.5) is 0 Å². The van der Waals surface area contributed by atoms with Crippen molar-refractivity contribution in [3.63, 3.8) is 0 Å². The molecule has 0 spiro atoms. The van der Waals surface area contributed by atoms with Gasteiger partial charge < -0.3 is 0 Å². The minimum atomic E-state index is -5.15. The van der Waals surface area contributed by atoms with E-state index in [2.05, 4.69) is 181 Å². The van der Waals surface area contributed by atoms with Crippen LogP contribution in [0.5, 0.6) is 0 Å². The third kappa shape index (κ3) is 7.33. The number of aryl methyl sites for hydroxylation is 2. The van der Waals surface area contributed by atoms with Gasteiger partial charge in [-0.2, -0.15) is 0 Å². The van der Waals surface area contributed by atoms with E-state index in [0.29, 0.717) is 11.8 Å². The zero-order valence-electron chi connectivity index (χ0n) is 37.1. The third-order valence-corrected chi connectivity index (χ3v) is 64.8. The van der Waals surface area contributed by atoms with Crippen molar-refractivity contribution in [1.29, 1.82) is 0 Å². The zero-order chi connectivity index (χ0) is 41.1. The number of benzene rings is 4. The Morgan fingerprint density at radius 2 is 0.929 bits per heavy atom. The van der Waals surface area contributed by atoms with Crippen molar-refractivity contribution in [2.45, 2.75) is 141 Å². The van der Waals surface area contributed by atoms with Gasteiger partial charge in [0.2, 0.25) is 0 Å². The number of allylic oxidation sites excluding steroid dienone is 2. The predicted octanol–water partition coefficient (Wildman–Crippen LogP) is 16.8. The number of hydrogen-bond acceptors (Lipinski definition) is 0. The molecule has 2 aliphatic carbocycles. The summed E-state index contributed by atoms with van der Waals surface area (Å²) < 4.78 is 0.0380. The molecule has 0 saturated carbocycles. The van der Waals surface area contributed by atoms with Crippen LogP contribution in [-0.2, 0) is 28.4 Å². The van der Waals surface area contributed by atoms with E-state index in [1.807, 2.05) is 0 Å². The minimum absolute atomic E-state index is 0.0190. The molecule has 0 radical (unpaired) electrons. The second kappa shape index (κ2) is 15.9. The summed E-state index contributed by atoms with van der Waals surface area (Å²) in [7, 11) is 18.2. The molecule has 4 aromatic rings. The van der Waals surface area contributed by atoms with Gasteiger partial charge in [0.25, 0.3) is 0 Å². The fourth-order valence-corrected chi connectivity index (χ4v) is 41.8.